The number of aliphatic imine (C=N–C) groups is 1. The average Bonchev–Trinajstić information content (AvgIpc) is 2.58. The number of rotatable bonds is 8. The lowest BCUT2D eigenvalue weighted by molar-refractivity contribution is -0.116. The number of benzene rings is 1. The molecule has 0 aliphatic carbocycles. The molecule has 7 heteroatoms. The largest absolute Gasteiger partial charge is 0.379 e. The summed E-state index contributed by atoms with van der Waals surface area (Å²) in [6.07, 6.45) is 1.67. The quantitative estimate of drug-likeness (QED) is 0.234. The normalized spacial score (nSPS) is 16.5. The third-order valence-electron chi connectivity index (χ3n) is 3.99. The molecule has 3 N–H and O–H groups in total. The zero-order valence-electron chi connectivity index (χ0n) is 15.9. The molecule has 6 nitrogen and oxygen atoms in total. The molecule has 2 rings (SSSR count). The summed E-state index contributed by atoms with van der Waals surface area (Å²) in [5.41, 5.74) is 2.06. The average molecular weight is 474 g/mol. The van der Waals surface area contributed by atoms with Crippen LogP contribution in [0.3, 0.4) is 0 Å². The molecule has 1 amide bonds. The van der Waals surface area contributed by atoms with Crippen LogP contribution in [0.4, 0.5) is 5.69 Å². The maximum atomic E-state index is 11.9. The van der Waals surface area contributed by atoms with Gasteiger partial charge in [0.1, 0.15) is 0 Å². The fraction of sp³-hybridized carbons (Fsp3) is 0.579. The molecule has 1 atom stereocenters. The van der Waals surface area contributed by atoms with Crippen LogP contribution >= 0.6 is 24.0 Å². The summed E-state index contributed by atoms with van der Waals surface area (Å²) in [5, 5.41) is 9.51. The van der Waals surface area contributed by atoms with Crippen molar-refractivity contribution in [2.75, 3.05) is 31.6 Å². The van der Waals surface area contributed by atoms with Crippen LogP contribution in [0.15, 0.2) is 29.3 Å². The van der Waals surface area contributed by atoms with Gasteiger partial charge in [-0.25, -0.2) is 0 Å². The van der Waals surface area contributed by atoms with E-state index >= 15 is 0 Å². The van der Waals surface area contributed by atoms with Crippen molar-refractivity contribution in [3.05, 3.63) is 29.8 Å². The molecule has 0 spiro atoms. The molecule has 0 radical (unpaired) electrons. The molecule has 1 unspecified atom stereocenters. The number of nitrogens with one attached hydrogen (secondary N) is 3. The third-order valence-corrected chi connectivity index (χ3v) is 3.99. The van der Waals surface area contributed by atoms with E-state index in [9.17, 15) is 4.79 Å². The maximum Gasteiger partial charge on any atom is 0.225 e. The zero-order valence-corrected chi connectivity index (χ0v) is 18.2. The molecule has 1 aliphatic heterocycles. The van der Waals surface area contributed by atoms with Crippen LogP contribution in [0.2, 0.25) is 0 Å². The number of ether oxygens (including phenoxy) is 1. The number of hydrogen-bond donors (Lipinski definition) is 3. The minimum atomic E-state index is 0. The molecule has 0 fully saturated rings. The monoisotopic (exact) mass is 474 g/mol. The van der Waals surface area contributed by atoms with E-state index in [1.807, 2.05) is 39.0 Å². The van der Waals surface area contributed by atoms with Gasteiger partial charge in [0.25, 0.3) is 0 Å². The summed E-state index contributed by atoms with van der Waals surface area (Å²) >= 11 is 0. The molecular formula is C19H31IN4O2. The van der Waals surface area contributed by atoms with Crippen molar-refractivity contribution in [3.63, 3.8) is 0 Å². The second kappa shape index (κ2) is 12.1. The van der Waals surface area contributed by atoms with Crippen molar-refractivity contribution in [1.29, 1.82) is 0 Å². The Bertz CT molecular complexity index is 593. The first-order valence-corrected chi connectivity index (χ1v) is 9.12. The Morgan fingerprint density at radius 1 is 1.35 bits per heavy atom. The van der Waals surface area contributed by atoms with Gasteiger partial charge in [-0.3, -0.25) is 9.79 Å². The Labute approximate surface area is 173 Å². The highest BCUT2D eigenvalue weighted by molar-refractivity contribution is 14.0. The lowest BCUT2D eigenvalue weighted by atomic mass is 9.91. The van der Waals surface area contributed by atoms with Crippen LogP contribution in [0.5, 0.6) is 0 Å². The summed E-state index contributed by atoms with van der Waals surface area (Å²) in [6.45, 7) is 9.05. The number of guanidine groups is 1. The number of fused-ring (bicyclic) bond motifs is 1. The molecule has 0 bridgehead atoms. The summed E-state index contributed by atoms with van der Waals surface area (Å²) in [4.78, 5) is 16.6. The van der Waals surface area contributed by atoms with Crippen molar-refractivity contribution in [3.8, 4) is 0 Å². The van der Waals surface area contributed by atoms with Gasteiger partial charge in [-0.2, -0.15) is 0 Å². The Morgan fingerprint density at radius 3 is 2.85 bits per heavy atom. The zero-order chi connectivity index (χ0) is 18.1. The van der Waals surface area contributed by atoms with Crippen molar-refractivity contribution in [1.82, 2.24) is 10.6 Å². The number of amides is 1. The van der Waals surface area contributed by atoms with Gasteiger partial charge in [0.05, 0.1) is 12.6 Å². The minimum Gasteiger partial charge on any atom is -0.379 e. The van der Waals surface area contributed by atoms with E-state index in [1.165, 1.54) is 0 Å². The van der Waals surface area contributed by atoms with E-state index in [0.29, 0.717) is 13.0 Å². The molecule has 0 aromatic heterocycles. The number of nitrogens with zero attached hydrogens (tertiary/aromatic N) is 1. The highest BCUT2D eigenvalue weighted by atomic mass is 127. The van der Waals surface area contributed by atoms with Crippen LogP contribution in [0, 0.1) is 0 Å². The van der Waals surface area contributed by atoms with Gasteiger partial charge in [0.2, 0.25) is 5.91 Å². The van der Waals surface area contributed by atoms with Crippen molar-refractivity contribution < 1.29 is 9.53 Å². The van der Waals surface area contributed by atoms with E-state index in [-0.39, 0.29) is 41.9 Å². The Balaban J connectivity index is 0.00000338. The second-order valence-corrected chi connectivity index (χ2v) is 6.46. The highest BCUT2D eigenvalue weighted by Crippen LogP contribution is 2.31. The first kappa shape index (κ1) is 22.7. The first-order chi connectivity index (χ1) is 12.1. The molecular weight excluding hydrogens is 443 g/mol. The van der Waals surface area contributed by atoms with Gasteiger partial charge in [-0.05, 0) is 38.8 Å². The van der Waals surface area contributed by atoms with E-state index < -0.39 is 0 Å². The number of carbonyl (C=O) groups is 1. The SMILES string of the molecule is CCNC(=NCC1CC(=O)Nc2ccccc21)NCCCOC(C)C.I. The molecule has 1 heterocycles. The lowest BCUT2D eigenvalue weighted by Crippen LogP contribution is -2.38. The number of hydrogen-bond acceptors (Lipinski definition) is 3. The number of halogens is 1. The maximum absolute atomic E-state index is 11.9. The van der Waals surface area contributed by atoms with Crippen LogP contribution < -0.4 is 16.0 Å². The van der Waals surface area contributed by atoms with Crippen LogP contribution in [-0.2, 0) is 9.53 Å². The fourth-order valence-electron chi connectivity index (χ4n) is 2.81. The van der Waals surface area contributed by atoms with Gasteiger partial charge >= 0.3 is 0 Å². The van der Waals surface area contributed by atoms with E-state index in [0.717, 1.165) is 43.3 Å². The number of para-hydroxylation sites is 1. The molecule has 1 aromatic rings. The smallest absolute Gasteiger partial charge is 0.225 e. The lowest BCUT2D eigenvalue weighted by Gasteiger charge is -2.24. The fourth-order valence-corrected chi connectivity index (χ4v) is 2.81. The Morgan fingerprint density at radius 2 is 2.12 bits per heavy atom. The Hall–Kier alpha value is -1.35. The predicted molar refractivity (Wildman–Crippen MR) is 118 cm³/mol. The summed E-state index contributed by atoms with van der Waals surface area (Å²) in [5.74, 6) is 0.961. The number of anilines is 1. The van der Waals surface area contributed by atoms with Crippen molar-refractivity contribution >= 4 is 41.5 Å². The summed E-state index contributed by atoms with van der Waals surface area (Å²) in [6, 6.07) is 7.96. The van der Waals surface area contributed by atoms with Crippen molar-refractivity contribution in [2.24, 2.45) is 4.99 Å². The van der Waals surface area contributed by atoms with Gasteiger partial charge in [-0.1, -0.05) is 18.2 Å². The van der Waals surface area contributed by atoms with Gasteiger partial charge < -0.3 is 20.7 Å². The summed E-state index contributed by atoms with van der Waals surface area (Å²) < 4.78 is 5.54. The predicted octanol–water partition coefficient (Wildman–Crippen LogP) is 3.10. The molecule has 0 saturated carbocycles. The molecule has 146 valence electrons. The van der Waals surface area contributed by atoms with Crippen molar-refractivity contribution in [2.45, 2.75) is 45.6 Å². The van der Waals surface area contributed by atoms with Crippen LogP contribution in [-0.4, -0.2) is 44.2 Å². The topological polar surface area (TPSA) is 74.8 Å². The standard InChI is InChI=1S/C19H30N4O2.HI/c1-4-20-19(21-10-7-11-25-14(2)3)22-13-15-12-18(24)23-17-9-6-5-8-16(15)17;/h5-6,8-9,14-15H,4,7,10-13H2,1-3H3,(H,23,24)(H2,20,21,22);1H. The summed E-state index contributed by atoms with van der Waals surface area (Å²) in [7, 11) is 0. The van der Waals surface area contributed by atoms with E-state index in [1.54, 1.807) is 0 Å². The minimum absolute atomic E-state index is 0. The molecule has 1 aliphatic rings. The number of carbonyl (C=O) groups excluding carboxylic acids is 1. The molecule has 26 heavy (non-hydrogen) atoms. The molecule has 1 aromatic carbocycles. The van der Waals surface area contributed by atoms with Gasteiger partial charge in [-0.15, -0.1) is 24.0 Å². The first-order valence-electron chi connectivity index (χ1n) is 9.12. The molecule has 0 saturated heterocycles. The Kier molecular flexibility index (Phi) is 10.6. The second-order valence-electron chi connectivity index (χ2n) is 6.46. The third kappa shape index (κ3) is 7.49. The van der Waals surface area contributed by atoms with E-state index in [2.05, 4.69) is 27.0 Å². The highest BCUT2D eigenvalue weighted by Gasteiger charge is 2.24. The van der Waals surface area contributed by atoms with Crippen LogP contribution in [0.25, 0.3) is 0 Å². The van der Waals surface area contributed by atoms with Gasteiger partial charge in [0.15, 0.2) is 5.96 Å². The van der Waals surface area contributed by atoms with E-state index in [4.69, 9.17) is 4.74 Å². The van der Waals surface area contributed by atoms with Gasteiger partial charge in [0, 0.05) is 37.7 Å². The van der Waals surface area contributed by atoms with Crippen LogP contribution in [0.1, 0.15) is 45.1 Å².